The second-order valence-corrected chi connectivity index (χ2v) is 34.2. The third kappa shape index (κ3) is 76.8. The summed E-state index contributed by atoms with van der Waals surface area (Å²) in [6.07, 6.45) is 67.9. The Morgan fingerprint density at radius 1 is 0.279 bits per heavy atom. The summed E-state index contributed by atoms with van der Waals surface area (Å²) in [6, 6.07) is 0. The highest BCUT2D eigenvalue weighted by molar-refractivity contribution is 7.47. The maximum absolute atomic E-state index is 13.1. The number of hydrogen-bond donors (Lipinski definition) is 3. The summed E-state index contributed by atoms with van der Waals surface area (Å²) in [7, 11) is -9.93. The van der Waals surface area contributed by atoms with E-state index < -0.39 is 97.5 Å². The maximum Gasteiger partial charge on any atom is 0.472 e. The third-order valence-corrected chi connectivity index (χ3v) is 22.2. The van der Waals surface area contributed by atoms with Crippen LogP contribution in [0.4, 0.5) is 0 Å². The highest BCUT2D eigenvalue weighted by Gasteiger charge is 2.30. The van der Waals surface area contributed by atoms with E-state index in [-0.39, 0.29) is 25.7 Å². The van der Waals surface area contributed by atoms with Crippen LogP contribution in [0.1, 0.15) is 452 Å². The molecule has 104 heavy (non-hydrogen) atoms. The third-order valence-electron chi connectivity index (χ3n) is 20.3. The van der Waals surface area contributed by atoms with Crippen molar-refractivity contribution in [3.8, 4) is 0 Å². The van der Waals surface area contributed by atoms with Crippen LogP contribution in [0.3, 0.4) is 0 Å². The van der Waals surface area contributed by atoms with Crippen LogP contribution in [-0.4, -0.2) is 96.7 Å². The molecule has 0 spiro atoms. The SMILES string of the molecule is CCCCCCCCCCCCCCCCCCC(=O)OC[C@H](COP(=O)(O)OC[C@@H](O)COP(=O)(O)OC[C@@H](COC(=O)CCCCCCCCCCCCCC)OC(=O)CCCCCCCCCCCCCC(C)C)OC(=O)CCCCCCCCCCCCCCCCCCCCC(C)CC. The van der Waals surface area contributed by atoms with Gasteiger partial charge in [0.05, 0.1) is 26.4 Å². The molecule has 0 aliphatic carbocycles. The van der Waals surface area contributed by atoms with Crippen molar-refractivity contribution in [2.45, 2.75) is 471 Å². The molecule has 0 aromatic rings. The predicted molar refractivity (Wildman–Crippen MR) is 428 cm³/mol. The lowest BCUT2D eigenvalue weighted by Crippen LogP contribution is -2.30. The molecule has 0 radical (unpaired) electrons. The summed E-state index contributed by atoms with van der Waals surface area (Å²) in [6.45, 7) is 9.73. The van der Waals surface area contributed by atoms with Crippen molar-refractivity contribution in [2.75, 3.05) is 39.6 Å². The summed E-state index contributed by atoms with van der Waals surface area (Å²) in [4.78, 5) is 73.2. The minimum atomic E-state index is -4.96. The average molecular weight is 1520 g/mol. The van der Waals surface area contributed by atoms with Crippen molar-refractivity contribution in [2.24, 2.45) is 11.8 Å². The molecular weight excluding hydrogens is 1350 g/mol. The van der Waals surface area contributed by atoms with Gasteiger partial charge in [0.25, 0.3) is 0 Å². The second-order valence-electron chi connectivity index (χ2n) is 31.3. The maximum atomic E-state index is 13.1. The van der Waals surface area contributed by atoms with Crippen LogP contribution in [-0.2, 0) is 65.4 Å². The standard InChI is InChI=1S/C85H166O17P2/c1-7-10-12-14-16-18-20-22-23-29-32-38-44-50-56-62-68-83(88)96-74-80(101-84(89)69-63-57-51-45-39-33-30-27-25-24-26-28-31-36-42-48-54-60-66-78(6)9-3)75-99-103(91,92)97-71-79(86)72-98-104(93,94)100-76-81(73-95-82(87)67-61-55-49-43-37-21-19-17-15-13-11-8-2)102-85(90)70-64-58-52-46-40-34-35-41-47-53-59-65-77(4)5/h77-81,86H,7-76H2,1-6H3,(H,91,92)(H,93,94)/t78?,79-,80-,81-/m1/s1. The molecule has 0 fully saturated rings. The van der Waals surface area contributed by atoms with Crippen LogP contribution in [0.15, 0.2) is 0 Å². The summed E-state index contributed by atoms with van der Waals surface area (Å²) >= 11 is 0. The number of aliphatic hydroxyl groups is 1. The Morgan fingerprint density at radius 2 is 0.490 bits per heavy atom. The Kier molecular flexibility index (Phi) is 75.0. The van der Waals surface area contributed by atoms with Crippen LogP contribution in [0.2, 0.25) is 0 Å². The molecule has 0 saturated heterocycles. The highest BCUT2D eigenvalue weighted by atomic mass is 31.2. The number of esters is 4. The summed E-state index contributed by atoms with van der Waals surface area (Å²) < 4.78 is 68.9. The molecule has 0 amide bonds. The van der Waals surface area contributed by atoms with Gasteiger partial charge < -0.3 is 33.8 Å². The first-order chi connectivity index (χ1) is 50.4. The van der Waals surface area contributed by atoms with Gasteiger partial charge in [-0.3, -0.25) is 37.3 Å². The lowest BCUT2D eigenvalue weighted by atomic mass is 9.99. The molecular formula is C85H166O17P2. The van der Waals surface area contributed by atoms with E-state index in [1.165, 1.54) is 270 Å². The molecule has 17 nitrogen and oxygen atoms in total. The number of phosphoric ester groups is 2. The summed E-state index contributed by atoms with van der Waals surface area (Å²) in [5.41, 5.74) is 0. The zero-order valence-electron chi connectivity index (χ0n) is 68.3. The molecule has 0 aromatic carbocycles. The van der Waals surface area contributed by atoms with Crippen molar-refractivity contribution >= 4 is 39.5 Å². The molecule has 0 aliphatic rings. The quantitative estimate of drug-likeness (QED) is 0.0222. The second kappa shape index (κ2) is 76.4. The molecule has 19 heteroatoms. The number of carbonyl (C=O) groups is 4. The first kappa shape index (κ1) is 102. The van der Waals surface area contributed by atoms with Crippen molar-refractivity contribution < 1.29 is 80.2 Å². The molecule has 0 aromatic heterocycles. The van der Waals surface area contributed by atoms with E-state index in [2.05, 4.69) is 41.5 Å². The van der Waals surface area contributed by atoms with E-state index >= 15 is 0 Å². The van der Waals surface area contributed by atoms with Gasteiger partial charge >= 0.3 is 39.5 Å². The van der Waals surface area contributed by atoms with Crippen LogP contribution in [0.5, 0.6) is 0 Å². The molecule has 3 N–H and O–H groups in total. The first-order valence-electron chi connectivity index (χ1n) is 44.0. The smallest absolute Gasteiger partial charge is 0.462 e. The highest BCUT2D eigenvalue weighted by Crippen LogP contribution is 2.45. The minimum absolute atomic E-state index is 0.107. The topological polar surface area (TPSA) is 237 Å². The van der Waals surface area contributed by atoms with Crippen molar-refractivity contribution in [1.29, 1.82) is 0 Å². The number of unbranched alkanes of at least 4 members (excludes halogenated alkanes) is 53. The Labute approximate surface area is 638 Å². The number of phosphoric acid groups is 2. The molecule has 0 saturated carbocycles. The normalized spacial score (nSPS) is 14.1. The van der Waals surface area contributed by atoms with Crippen LogP contribution >= 0.6 is 15.6 Å². The Bertz CT molecular complexity index is 2000. The summed E-state index contributed by atoms with van der Waals surface area (Å²) in [5, 5.41) is 10.7. The van der Waals surface area contributed by atoms with Gasteiger partial charge in [0, 0.05) is 25.7 Å². The molecule has 0 rings (SSSR count). The fourth-order valence-corrected chi connectivity index (χ4v) is 14.8. The molecule has 0 aliphatic heterocycles. The number of aliphatic hydroxyl groups excluding tert-OH is 1. The Balaban J connectivity index is 5.24. The van der Waals surface area contributed by atoms with E-state index in [1.807, 2.05) is 0 Å². The minimum Gasteiger partial charge on any atom is -0.462 e. The number of carbonyl (C=O) groups excluding carboxylic acids is 4. The lowest BCUT2D eigenvalue weighted by molar-refractivity contribution is -0.161. The summed E-state index contributed by atoms with van der Waals surface area (Å²) in [5.74, 6) is -0.465. The predicted octanol–water partition coefficient (Wildman–Crippen LogP) is 25.8. The first-order valence-corrected chi connectivity index (χ1v) is 47.0. The van der Waals surface area contributed by atoms with Gasteiger partial charge in [0.15, 0.2) is 12.2 Å². The van der Waals surface area contributed by atoms with E-state index in [4.69, 9.17) is 37.0 Å². The zero-order valence-corrected chi connectivity index (χ0v) is 70.1. The van der Waals surface area contributed by atoms with Gasteiger partial charge in [-0.2, -0.15) is 0 Å². The number of ether oxygens (including phenoxy) is 4. The van der Waals surface area contributed by atoms with Gasteiger partial charge in [-0.15, -0.1) is 0 Å². The van der Waals surface area contributed by atoms with Crippen molar-refractivity contribution in [3.05, 3.63) is 0 Å². The zero-order chi connectivity index (χ0) is 76.4. The van der Waals surface area contributed by atoms with E-state index in [0.717, 1.165) is 102 Å². The van der Waals surface area contributed by atoms with E-state index in [9.17, 15) is 43.2 Å². The van der Waals surface area contributed by atoms with E-state index in [1.54, 1.807) is 0 Å². The monoisotopic (exact) mass is 1520 g/mol. The molecule has 0 heterocycles. The van der Waals surface area contributed by atoms with Gasteiger partial charge in [0.1, 0.15) is 19.3 Å². The van der Waals surface area contributed by atoms with Crippen LogP contribution in [0.25, 0.3) is 0 Å². The Morgan fingerprint density at radius 3 is 0.731 bits per heavy atom. The van der Waals surface area contributed by atoms with Crippen molar-refractivity contribution in [3.63, 3.8) is 0 Å². The largest absolute Gasteiger partial charge is 0.472 e. The lowest BCUT2D eigenvalue weighted by Gasteiger charge is -2.21. The molecule has 618 valence electrons. The Hall–Kier alpha value is -1.94. The van der Waals surface area contributed by atoms with Crippen LogP contribution < -0.4 is 0 Å². The van der Waals surface area contributed by atoms with E-state index in [0.29, 0.717) is 25.7 Å². The number of hydrogen-bond acceptors (Lipinski definition) is 15. The molecule has 6 atom stereocenters. The van der Waals surface area contributed by atoms with Gasteiger partial charge in [-0.25, -0.2) is 9.13 Å². The van der Waals surface area contributed by atoms with Gasteiger partial charge in [0.2, 0.25) is 0 Å². The van der Waals surface area contributed by atoms with Gasteiger partial charge in [-0.05, 0) is 37.5 Å². The average Bonchev–Trinajstić information content (AvgIpc) is 0.905. The fourth-order valence-electron chi connectivity index (χ4n) is 13.2. The van der Waals surface area contributed by atoms with Crippen molar-refractivity contribution in [1.82, 2.24) is 0 Å². The van der Waals surface area contributed by atoms with Gasteiger partial charge in [-0.1, -0.05) is 401 Å². The fraction of sp³-hybridized carbons (Fsp3) is 0.953. The van der Waals surface area contributed by atoms with Crippen LogP contribution in [0, 0.1) is 11.8 Å². The number of rotatable bonds is 84. The molecule has 0 bridgehead atoms. The molecule has 3 unspecified atom stereocenters.